The first-order valence-electron chi connectivity index (χ1n) is 9.83. The second-order valence-corrected chi connectivity index (χ2v) is 7.09. The van der Waals surface area contributed by atoms with Gasteiger partial charge in [-0.3, -0.25) is 4.79 Å². The highest BCUT2D eigenvalue weighted by Gasteiger charge is 2.12. The average molecular weight is 390 g/mol. The van der Waals surface area contributed by atoms with Gasteiger partial charge in [0.1, 0.15) is 11.5 Å². The summed E-state index contributed by atoms with van der Waals surface area (Å²) in [4.78, 5) is 18.9. The minimum Gasteiger partial charge on any atom is -0.372 e. The first kappa shape index (κ1) is 18.9. The Morgan fingerprint density at radius 1 is 0.897 bits per heavy atom. The Morgan fingerprint density at radius 2 is 1.62 bits per heavy atom. The SMILES string of the molecule is O=C(Nc1ccccc1F)c1ccc(Nc2ccc(N3CCCCC3)cc2)cn1. The van der Waals surface area contributed by atoms with Crippen molar-refractivity contribution >= 4 is 28.7 Å². The highest BCUT2D eigenvalue weighted by molar-refractivity contribution is 6.03. The summed E-state index contributed by atoms with van der Waals surface area (Å²) in [5, 5.41) is 5.82. The molecule has 2 heterocycles. The predicted octanol–water partition coefficient (Wildman–Crippen LogP) is 5.21. The molecule has 0 bridgehead atoms. The van der Waals surface area contributed by atoms with Gasteiger partial charge in [0.05, 0.1) is 17.6 Å². The van der Waals surface area contributed by atoms with E-state index in [-0.39, 0.29) is 11.4 Å². The van der Waals surface area contributed by atoms with Crippen molar-refractivity contribution < 1.29 is 9.18 Å². The van der Waals surface area contributed by atoms with E-state index in [1.54, 1.807) is 30.5 Å². The molecule has 0 spiro atoms. The van der Waals surface area contributed by atoms with Gasteiger partial charge in [-0.05, 0) is 67.8 Å². The fraction of sp³-hybridized carbons (Fsp3) is 0.217. The molecule has 2 aromatic carbocycles. The summed E-state index contributed by atoms with van der Waals surface area (Å²) < 4.78 is 13.7. The van der Waals surface area contributed by atoms with Crippen molar-refractivity contribution in [1.29, 1.82) is 0 Å². The molecule has 1 aliphatic heterocycles. The van der Waals surface area contributed by atoms with E-state index in [4.69, 9.17) is 0 Å². The number of carbonyl (C=O) groups is 1. The fourth-order valence-electron chi connectivity index (χ4n) is 3.43. The van der Waals surface area contributed by atoms with Crippen molar-refractivity contribution in [1.82, 2.24) is 4.98 Å². The van der Waals surface area contributed by atoms with Crippen molar-refractivity contribution in [2.45, 2.75) is 19.3 Å². The number of hydrogen-bond acceptors (Lipinski definition) is 4. The molecule has 5 nitrogen and oxygen atoms in total. The molecular weight excluding hydrogens is 367 g/mol. The second-order valence-electron chi connectivity index (χ2n) is 7.09. The smallest absolute Gasteiger partial charge is 0.274 e. The largest absolute Gasteiger partial charge is 0.372 e. The van der Waals surface area contributed by atoms with Gasteiger partial charge >= 0.3 is 0 Å². The topological polar surface area (TPSA) is 57.3 Å². The van der Waals surface area contributed by atoms with Gasteiger partial charge in [0.15, 0.2) is 0 Å². The molecule has 29 heavy (non-hydrogen) atoms. The molecule has 0 aliphatic carbocycles. The van der Waals surface area contributed by atoms with Gasteiger partial charge in [-0.15, -0.1) is 0 Å². The van der Waals surface area contributed by atoms with Gasteiger partial charge in [0.25, 0.3) is 5.91 Å². The molecule has 0 saturated carbocycles. The van der Waals surface area contributed by atoms with E-state index in [1.165, 1.54) is 37.1 Å². The van der Waals surface area contributed by atoms with Crippen LogP contribution >= 0.6 is 0 Å². The average Bonchev–Trinajstić information content (AvgIpc) is 2.77. The molecule has 6 heteroatoms. The molecule has 0 radical (unpaired) electrons. The Morgan fingerprint density at radius 3 is 2.31 bits per heavy atom. The molecule has 1 saturated heterocycles. The minimum absolute atomic E-state index is 0.135. The number of piperidine rings is 1. The van der Waals surface area contributed by atoms with Crippen molar-refractivity contribution in [2.75, 3.05) is 28.6 Å². The van der Waals surface area contributed by atoms with Gasteiger partial charge in [0, 0.05) is 24.5 Å². The Kier molecular flexibility index (Phi) is 5.70. The summed E-state index contributed by atoms with van der Waals surface area (Å²) in [5.41, 5.74) is 3.33. The van der Waals surface area contributed by atoms with Crippen molar-refractivity contribution in [2.24, 2.45) is 0 Å². The quantitative estimate of drug-likeness (QED) is 0.628. The zero-order chi connectivity index (χ0) is 20.1. The van der Waals surface area contributed by atoms with Crippen LogP contribution in [0.1, 0.15) is 29.8 Å². The molecule has 1 aromatic heterocycles. The van der Waals surface area contributed by atoms with Crippen LogP contribution < -0.4 is 15.5 Å². The fourth-order valence-corrected chi connectivity index (χ4v) is 3.43. The van der Waals surface area contributed by atoms with Gasteiger partial charge in [-0.2, -0.15) is 0 Å². The molecular formula is C23H23FN4O. The monoisotopic (exact) mass is 390 g/mol. The number of anilines is 4. The molecule has 0 unspecified atom stereocenters. The first-order chi connectivity index (χ1) is 14.2. The van der Waals surface area contributed by atoms with E-state index in [1.807, 2.05) is 12.1 Å². The van der Waals surface area contributed by atoms with Crippen LogP contribution in [0.5, 0.6) is 0 Å². The lowest BCUT2D eigenvalue weighted by Gasteiger charge is -2.28. The van der Waals surface area contributed by atoms with Crippen LogP contribution in [0.4, 0.5) is 27.1 Å². The first-order valence-corrected chi connectivity index (χ1v) is 9.83. The molecule has 4 rings (SSSR count). The van der Waals surface area contributed by atoms with Gasteiger partial charge < -0.3 is 15.5 Å². The number of amides is 1. The zero-order valence-electron chi connectivity index (χ0n) is 16.1. The highest BCUT2D eigenvalue weighted by atomic mass is 19.1. The number of hydrogen-bond donors (Lipinski definition) is 2. The summed E-state index contributed by atoms with van der Waals surface area (Å²) in [7, 11) is 0. The number of para-hydroxylation sites is 1. The van der Waals surface area contributed by atoms with Crippen molar-refractivity contribution in [3.8, 4) is 0 Å². The third-order valence-corrected chi connectivity index (χ3v) is 5.00. The predicted molar refractivity (Wildman–Crippen MR) is 114 cm³/mol. The summed E-state index contributed by atoms with van der Waals surface area (Å²) in [6.07, 6.45) is 5.41. The summed E-state index contributed by atoms with van der Waals surface area (Å²) >= 11 is 0. The normalized spacial score (nSPS) is 13.8. The van der Waals surface area contributed by atoms with Crippen LogP contribution in [0.3, 0.4) is 0 Å². The van der Waals surface area contributed by atoms with E-state index in [9.17, 15) is 9.18 Å². The Balaban J connectivity index is 1.38. The summed E-state index contributed by atoms with van der Waals surface area (Å²) in [6.45, 7) is 2.24. The van der Waals surface area contributed by atoms with Gasteiger partial charge in [0.2, 0.25) is 0 Å². The lowest BCUT2D eigenvalue weighted by atomic mass is 10.1. The van der Waals surface area contributed by atoms with Gasteiger partial charge in [-0.25, -0.2) is 9.37 Å². The molecule has 1 amide bonds. The number of aromatic nitrogens is 1. The lowest BCUT2D eigenvalue weighted by molar-refractivity contribution is 0.102. The number of nitrogens with zero attached hydrogens (tertiary/aromatic N) is 2. The molecule has 2 N–H and O–H groups in total. The van der Waals surface area contributed by atoms with Crippen molar-refractivity contribution in [3.05, 3.63) is 78.4 Å². The number of nitrogens with one attached hydrogen (secondary N) is 2. The third kappa shape index (κ3) is 4.71. The number of benzene rings is 2. The van der Waals surface area contributed by atoms with E-state index < -0.39 is 11.7 Å². The molecule has 0 atom stereocenters. The number of carbonyl (C=O) groups excluding carboxylic acids is 1. The van der Waals surface area contributed by atoms with Crippen LogP contribution in [0.15, 0.2) is 66.9 Å². The molecule has 148 valence electrons. The second kappa shape index (κ2) is 8.73. The van der Waals surface area contributed by atoms with Crippen LogP contribution in [-0.2, 0) is 0 Å². The summed E-state index contributed by atoms with van der Waals surface area (Å²) in [5.74, 6) is -0.931. The Hall–Kier alpha value is -3.41. The molecule has 1 aliphatic rings. The van der Waals surface area contributed by atoms with Crippen LogP contribution in [0.25, 0.3) is 0 Å². The standard InChI is InChI=1S/C23H23FN4O/c24-20-6-2-3-7-21(20)27-23(29)22-13-10-18(16-25-22)26-17-8-11-19(12-9-17)28-14-4-1-5-15-28/h2-3,6-13,16,26H,1,4-5,14-15H2,(H,27,29). The maximum absolute atomic E-state index is 13.7. The third-order valence-electron chi connectivity index (χ3n) is 5.00. The van der Waals surface area contributed by atoms with Gasteiger partial charge in [-0.1, -0.05) is 12.1 Å². The molecule has 3 aromatic rings. The lowest BCUT2D eigenvalue weighted by Crippen LogP contribution is -2.29. The van der Waals surface area contributed by atoms with E-state index in [0.29, 0.717) is 0 Å². The zero-order valence-corrected chi connectivity index (χ0v) is 16.1. The highest BCUT2D eigenvalue weighted by Crippen LogP contribution is 2.23. The number of rotatable bonds is 5. The van der Waals surface area contributed by atoms with Crippen LogP contribution in [0.2, 0.25) is 0 Å². The maximum Gasteiger partial charge on any atom is 0.274 e. The van der Waals surface area contributed by atoms with E-state index in [2.05, 4.69) is 32.7 Å². The van der Waals surface area contributed by atoms with Crippen LogP contribution in [0, 0.1) is 5.82 Å². The number of pyridine rings is 1. The van der Waals surface area contributed by atoms with Crippen LogP contribution in [-0.4, -0.2) is 24.0 Å². The number of halogens is 1. The Labute approximate surface area is 169 Å². The molecule has 1 fully saturated rings. The maximum atomic E-state index is 13.7. The van der Waals surface area contributed by atoms with E-state index in [0.717, 1.165) is 24.5 Å². The van der Waals surface area contributed by atoms with Crippen molar-refractivity contribution in [3.63, 3.8) is 0 Å². The Bertz CT molecular complexity index is 967. The summed E-state index contributed by atoms with van der Waals surface area (Å²) in [6, 6.07) is 17.8. The minimum atomic E-state index is -0.480. The van der Waals surface area contributed by atoms with E-state index >= 15 is 0 Å².